The maximum absolute atomic E-state index is 10.5. The van der Waals surface area contributed by atoms with Gasteiger partial charge in [-0.05, 0) is 25.8 Å². The van der Waals surface area contributed by atoms with E-state index in [-0.39, 0.29) is 6.04 Å². The van der Waals surface area contributed by atoms with E-state index in [1.165, 1.54) is 0 Å². The van der Waals surface area contributed by atoms with E-state index in [0.29, 0.717) is 5.92 Å². The van der Waals surface area contributed by atoms with Gasteiger partial charge in [0.05, 0.1) is 6.04 Å². The molecule has 1 aliphatic heterocycles. The largest absolute Gasteiger partial charge is 0.381 e. The van der Waals surface area contributed by atoms with E-state index < -0.39 is 0 Å². The molecule has 0 aromatic rings. The zero-order chi connectivity index (χ0) is 8.10. The molecule has 0 aromatic carbocycles. The number of likely N-dealkylation sites (N-methyl/N-ethyl adjacent to an activating group) is 1. The van der Waals surface area contributed by atoms with Crippen molar-refractivity contribution in [1.82, 2.24) is 5.32 Å². The lowest BCUT2D eigenvalue weighted by Crippen LogP contribution is -2.38. The van der Waals surface area contributed by atoms with Crippen LogP contribution in [-0.2, 0) is 9.53 Å². The molecule has 1 heterocycles. The van der Waals surface area contributed by atoms with Crippen molar-refractivity contribution in [2.24, 2.45) is 5.92 Å². The van der Waals surface area contributed by atoms with Gasteiger partial charge in [-0.2, -0.15) is 0 Å². The van der Waals surface area contributed by atoms with Gasteiger partial charge in [-0.15, -0.1) is 0 Å². The molecule has 1 saturated heterocycles. The number of rotatable bonds is 3. The second kappa shape index (κ2) is 4.46. The first-order valence-electron chi connectivity index (χ1n) is 4.08. The summed E-state index contributed by atoms with van der Waals surface area (Å²) in [4.78, 5) is 10.5. The van der Waals surface area contributed by atoms with Crippen molar-refractivity contribution < 1.29 is 9.53 Å². The molecule has 0 bridgehead atoms. The summed E-state index contributed by atoms with van der Waals surface area (Å²) in [6.45, 7) is 1.60. The number of ether oxygens (including phenoxy) is 1. The molecular weight excluding hydrogens is 142 g/mol. The minimum absolute atomic E-state index is 0.0268. The van der Waals surface area contributed by atoms with Crippen LogP contribution >= 0.6 is 0 Å². The summed E-state index contributed by atoms with van der Waals surface area (Å²) in [6, 6.07) is 0.0268. The van der Waals surface area contributed by atoms with Crippen molar-refractivity contribution in [3.05, 3.63) is 0 Å². The zero-order valence-corrected chi connectivity index (χ0v) is 6.88. The first-order valence-corrected chi connectivity index (χ1v) is 4.08. The predicted octanol–water partition coefficient (Wildman–Crippen LogP) is 0.200. The molecule has 0 radical (unpaired) electrons. The van der Waals surface area contributed by atoms with Gasteiger partial charge >= 0.3 is 0 Å². The van der Waals surface area contributed by atoms with Crippen LogP contribution in [-0.4, -0.2) is 32.6 Å². The van der Waals surface area contributed by atoms with Gasteiger partial charge in [0.25, 0.3) is 0 Å². The fourth-order valence-electron chi connectivity index (χ4n) is 1.49. The maximum Gasteiger partial charge on any atom is 0.137 e. The van der Waals surface area contributed by atoms with Crippen molar-refractivity contribution in [2.45, 2.75) is 18.9 Å². The van der Waals surface area contributed by atoms with E-state index in [9.17, 15) is 4.79 Å². The minimum Gasteiger partial charge on any atom is -0.381 e. The highest BCUT2D eigenvalue weighted by Gasteiger charge is 2.21. The Kier molecular flexibility index (Phi) is 3.52. The van der Waals surface area contributed by atoms with Crippen LogP contribution < -0.4 is 5.32 Å². The standard InChI is InChI=1S/C8H15NO2/c1-9-8(6-10)7-2-4-11-5-3-7/h6-9H,2-5H2,1H3/t8-/m1/s1. The Hall–Kier alpha value is -0.410. The lowest BCUT2D eigenvalue weighted by molar-refractivity contribution is -0.111. The van der Waals surface area contributed by atoms with Gasteiger partial charge in [0.15, 0.2) is 0 Å². The monoisotopic (exact) mass is 157 g/mol. The van der Waals surface area contributed by atoms with Crippen molar-refractivity contribution in [1.29, 1.82) is 0 Å². The molecule has 1 N–H and O–H groups in total. The Morgan fingerprint density at radius 2 is 2.18 bits per heavy atom. The van der Waals surface area contributed by atoms with Crippen molar-refractivity contribution in [3.63, 3.8) is 0 Å². The fraction of sp³-hybridized carbons (Fsp3) is 0.875. The SMILES string of the molecule is CN[C@H](C=O)C1CCOCC1. The zero-order valence-electron chi connectivity index (χ0n) is 6.88. The Labute approximate surface area is 67.1 Å². The summed E-state index contributed by atoms with van der Waals surface area (Å²) in [6.07, 6.45) is 3.00. The Bertz CT molecular complexity index is 121. The van der Waals surface area contributed by atoms with Crippen molar-refractivity contribution in [3.8, 4) is 0 Å². The Morgan fingerprint density at radius 1 is 1.55 bits per heavy atom. The Morgan fingerprint density at radius 3 is 2.64 bits per heavy atom. The number of carbonyl (C=O) groups is 1. The normalized spacial score (nSPS) is 23.0. The summed E-state index contributed by atoms with van der Waals surface area (Å²) in [5, 5.41) is 3.00. The summed E-state index contributed by atoms with van der Waals surface area (Å²) in [7, 11) is 1.83. The first kappa shape index (κ1) is 8.68. The van der Waals surface area contributed by atoms with Gasteiger partial charge in [-0.3, -0.25) is 0 Å². The topological polar surface area (TPSA) is 38.3 Å². The van der Waals surface area contributed by atoms with Gasteiger partial charge in [-0.1, -0.05) is 0 Å². The van der Waals surface area contributed by atoms with E-state index in [4.69, 9.17) is 4.74 Å². The van der Waals surface area contributed by atoms with Crippen LogP contribution in [0.3, 0.4) is 0 Å². The predicted molar refractivity (Wildman–Crippen MR) is 42.5 cm³/mol. The van der Waals surface area contributed by atoms with E-state index in [0.717, 1.165) is 32.3 Å². The molecule has 1 fully saturated rings. The number of hydrogen-bond donors (Lipinski definition) is 1. The summed E-state index contributed by atoms with van der Waals surface area (Å²) < 4.78 is 5.20. The molecular formula is C8H15NO2. The second-order valence-corrected chi connectivity index (χ2v) is 2.90. The van der Waals surface area contributed by atoms with Gasteiger partial charge in [-0.25, -0.2) is 0 Å². The molecule has 0 aromatic heterocycles. The third-order valence-electron chi connectivity index (χ3n) is 2.25. The third-order valence-corrected chi connectivity index (χ3v) is 2.25. The highest BCUT2D eigenvalue weighted by atomic mass is 16.5. The number of hydrogen-bond acceptors (Lipinski definition) is 3. The van der Waals surface area contributed by atoms with Gasteiger partial charge in [0.1, 0.15) is 6.29 Å². The molecule has 0 aliphatic carbocycles. The maximum atomic E-state index is 10.5. The molecule has 0 unspecified atom stereocenters. The molecule has 3 nitrogen and oxygen atoms in total. The summed E-state index contributed by atoms with van der Waals surface area (Å²) in [5.74, 6) is 0.478. The fourth-order valence-corrected chi connectivity index (χ4v) is 1.49. The van der Waals surface area contributed by atoms with E-state index >= 15 is 0 Å². The van der Waals surface area contributed by atoms with Crippen molar-refractivity contribution in [2.75, 3.05) is 20.3 Å². The minimum atomic E-state index is 0.0268. The first-order chi connectivity index (χ1) is 5.38. The van der Waals surface area contributed by atoms with E-state index in [1.54, 1.807) is 0 Å². The molecule has 1 rings (SSSR count). The van der Waals surface area contributed by atoms with Gasteiger partial charge in [0, 0.05) is 13.2 Å². The van der Waals surface area contributed by atoms with Crippen LogP contribution in [0, 0.1) is 5.92 Å². The lowest BCUT2D eigenvalue weighted by Gasteiger charge is -2.26. The quantitative estimate of drug-likeness (QED) is 0.595. The van der Waals surface area contributed by atoms with Crippen LogP contribution in [0.25, 0.3) is 0 Å². The average molecular weight is 157 g/mol. The highest BCUT2D eigenvalue weighted by molar-refractivity contribution is 5.58. The van der Waals surface area contributed by atoms with Crippen LogP contribution in [0.4, 0.5) is 0 Å². The van der Waals surface area contributed by atoms with E-state index in [2.05, 4.69) is 5.32 Å². The lowest BCUT2D eigenvalue weighted by atomic mass is 9.93. The van der Waals surface area contributed by atoms with Crippen LogP contribution in [0.1, 0.15) is 12.8 Å². The molecule has 11 heavy (non-hydrogen) atoms. The Balaban J connectivity index is 2.35. The summed E-state index contributed by atoms with van der Waals surface area (Å²) >= 11 is 0. The molecule has 1 aliphatic rings. The second-order valence-electron chi connectivity index (χ2n) is 2.90. The highest BCUT2D eigenvalue weighted by Crippen LogP contribution is 2.17. The molecule has 1 atom stereocenters. The van der Waals surface area contributed by atoms with Gasteiger partial charge < -0.3 is 14.8 Å². The van der Waals surface area contributed by atoms with E-state index in [1.807, 2.05) is 7.05 Å². The molecule has 0 spiro atoms. The van der Waals surface area contributed by atoms with Crippen molar-refractivity contribution >= 4 is 6.29 Å². The number of carbonyl (C=O) groups excluding carboxylic acids is 1. The molecule has 0 saturated carbocycles. The smallest absolute Gasteiger partial charge is 0.137 e. The van der Waals surface area contributed by atoms with Gasteiger partial charge in [0.2, 0.25) is 0 Å². The molecule has 0 amide bonds. The molecule has 64 valence electrons. The number of nitrogens with one attached hydrogen (secondary N) is 1. The van der Waals surface area contributed by atoms with Crippen LogP contribution in [0.2, 0.25) is 0 Å². The van der Waals surface area contributed by atoms with Crippen LogP contribution in [0.5, 0.6) is 0 Å². The summed E-state index contributed by atoms with van der Waals surface area (Å²) in [5.41, 5.74) is 0. The number of aldehydes is 1. The third kappa shape index (κ3) is 2.27. The van der Waals surface area contributed by atoms with Crippen LogP contribution in [0.15, 0.2) is 0 Å². The average Bonchev–Trinajstić information content (AvgIpc) is 2.09. The molecule has 3 heteroatoms.